The van der Waals surface area contributed by atoms with Crippen LogP contribution in [0.5, 0.6) is 0 Å². The van der Waals surface area contributed by atoms with Crippen molar-refractivity contribution < 1.29 is 4.79 Å². The van der Waals surface area contributed by atoms with Crippen molar-refractivity contribution in [2.45, 2.75) is 26.7 Å². The molecule has 0 unspecified atom stereocenters. The van der Waals surface area contributed by atoms with Crippen LogP contribution in [0.25, 0.3) is 5.69 Å². The molecule has 1 aliphatic heterocycles. The Balaban J connectivity index is 1.86. The Bertz CT molecular complexity index is 635. The molecule has 0 bridgehead atoms. The van der Waals surface area contributed by atoms with Gasteiger partial charge in [-0.25, -0.2) is 0 Å². The van der Waals surface area contributed by atoms with Crippen LogP contribution in [0, 0.1) is 12.8 Å². The SMILES string of the molecule is Cc1nn(-c2ccccc2)nc1C(=O)N1CCC[C@H](C)C1. The molecule has 3 rings (SSSR count). The lowest BCUT2D eigenvalue weighted by Gasteiger charge is -2.30. The molecular weight excluding hydrogens is 264 g/mol. The zero-order valence-electron chi connectivity index (χ0n) is 12.5. The summed E-state index contributed by atoms with van der Waals surface area (Å²) in [6.45, 7) is 5.66. The molecule has 1 amide bonds. The summed E-state index contributed by atoms with van der Waals surface area (Å²) in [7, 11) is 0. The van der Waals surface area contributed by atoms with E-state index < -0.39 is 0 Å². The quantitative estimate of drug-likeness (QED) is 0.851. The Kier molecular flexibility index (Phi) is 3.73. The van der Waals surface area contributed by atoms with Crippen molar-refractivity contribution in [2.24, 2.45) is 5.92 Å². The molecule has 21 heavy (non-hydrogen) atoms. The number of para-hydroxylation sites is 1. The standard InChI is InChI=1S/C16H20N4O/c1-12-7-6-10-19(11-12)16(21)15-13(2)17-20(18-15)14-8-4-3-5-9-14/h3-5,8-9,12H,6-7,10-11H2,1-2H3/t12-/m0/s1. The third-order valence-electron chi connectivity index (χ3n) is 3.92. The van der Waals surface area contributed by atoms with E-state index in [-0.39, 0.29) is 5.91 Å². The van der Waals surface area contributed by atoms with E-state index in [0.717, 1.165) is 25.2 Å². The van der Waals surface area contributed by atoms with Crippen molar-refractivity contribution >= 4 is 5.91 Å². The maximum Gasteiger partial charge on any atom is 0.276 e. The molecule has 1 fully saturated rings. The largest absolute Gasteiger partial charge is 0.337 e. The second-order valence-corrected chi connectivity index (χ2v) is 5.76. The number of amides is 1. The van der Waals surface area contributed by atoms with E-state index in [4.69, 9.17) is 0 Å². The highest BCUT2D eigenvalue weighted by molar-refractivity contribution is 5.93. The lowest BCUT2D eigenvalue weighted by Crippen LogP contribution is -2.39. The van der Waals surface area contributed by atoms with Gasteiger partial charge in [-0.1, -0.05) is 25.1 Å². The van der Waals surface area contributed by atoms with Crippen LogP contribution in [0.4, 0.5) is 0 Å². The first kappa shape index (κ1) is 13.8. The summed E-state index contributed by atoms with van der Waals surface area (Å²) in [6.07, 6.45) is 2.26. The zero-order chi connectivity index (χ0) is 14.8. The molecule has 1 atom stereocenters. The van der Waals surface area contributed by atoms with Crippen molar-refractivity contribution in [2.75, 3.05) is 13.1 Å². The van der Waals surface area contributed by atoms with Gasteiger partial charge < -0.3 is 4.90 Å². The lowest BCUT2D eigenvalue weighted by atomic mass is 10.00. The van der Waals surface area contributed by atoms with Gasteiger partial charge in [0.2, 0.25) is 0 Å². The summed E-state index contributed by atoms with van der Waals surface area (Å²) in [5.74, 6) is 0.563. The number of hydrogen-bond acceptors (Lipinski definition) is 3. The average Bonchev–Trinajstić information content (AvgIpc) is 2.89. The number of rotatable bonds is 2. The minimum atomic E-state index is 0.00114. The molecule has 2 heterocycles. The van der Waals surface area contributed by atoms with Gasteiger partial charge in [0, 0.05) is 13.1 Å². The minimum absolute atomic E-state index is 0.00114. The molecule has 2 aromatic rings. The summed E-state index contributed by atoms with van der Waals surface area (Å²) < 4.78 is 0. The number of carbonyl (C=O) groups excluding carboxylic acids is 1. The first-order chi connectivity index (χ1) is 10.1. The van der Waals surface area contributed by atoms with Crippen molar-refractivity contribution in [3.05, 3.63) is 41.7 Å². The Morgan fingerprint density at radius 2 is 2.00 bits per heavy atom. The molecule has 0 radical (unpaired) electrons. The number of hydrogen-bond donors (Lipinski definition) is 0. The Labute approximate surface area is 124 Å². The highest BCUT2D eigenvalue weighted by Gasteiger charge is 2.26. The zero-order valence-corrected chi connectivity index (χ0v) is 12.5. The molecule has 5 nitrogen and oxygen atoms in total. The van der Waals surface area contributed by atoms with Crippen LogP contribution in [0.15, 0.2) is 30.3 Å². The van der Waals surface area contributed by atoms with E-state index >= 15 is 0 Å². The van der Waals surface area contributed by atoms with E-state index in [2.05, 4.69) is 17.1 Å². The van der Waals surface area contributed by atoms with Crippen LogP contribution in [-0.2, 0) is 0 Å². The second kappa shape index (κ2) is 5.68. The highest BCUT2D eigenvalue weighted by atomic mass is 16.2. The van der Waals surface area contributed by atoms with Crippen molar-refractivity contribution in [3.63, 3.8) is 0 Å². The van der Waals surface area contributed by atoms with E-state index in [0.29, 0.717) is 17.3 Å². The molecule has 1 aliphatic rings. The Morgan fingerprint density at radius 1 is 1.24 bits per heavy atom. The molecule has 0 aliphatic carbocycles. The van der Waals surface area contributed by atoms with Gasteiger partial charge >= 0.3 is 0 Å². The van der Waals surface area contributed by atoms with Gasteiger partial charge in [-0.05, 0) is 37.8 Å². The second-order valence-electron chi connectivity index (χ2n) is 5.76. The summed E-state index contributed by atoms with van der Waals surface area (Å²) >= 11 is 0. The molecule has 0 saturated carbocycles. The van der Waals surface area contributed by atoms with E-state index in [1.807, 2.05) is 42.2 Å². The molecule has 110 valence electrons. The van der Waals surface area contributed by atoms with Crippen LogP contribution < -0.4 is 0 Å². The molecule has 1 aromatic heterocycles. The monoisotopic (exact) mass is 284 g/mol. The molecular formula is C16H20N4O. The number of benzene rings is 1. The van der Waals surface area contributed by atoms with Crippen LogP contribution in [-0.4, -0.2) is 38.9 Å². The first-order valence-corrected chi connectivity index (χ1v) is 7.44. The third kappa shape index (κ3) is 2.82. The average molecular weight is 284 g/mol. The van der Waals surface area contributed by atoms with Gasteiger partial charge in [0.05, 0.1) is 11.4 Å². The van der Waals surface area contributed by atoms with Crippen LogP contribution in [0.3, 0.4) is 0 Å². The van der Waals surface area contributed by atoms with E-state index in [1.165, 1.54) is 11.2 Å². The van der Waals surface area contributed by atoms with Gasteiger partial charge in [0.1, 0.15) is 0 Å². The molecule has 1 aromatic carbocycles. The number of likely N-dealkylation sites (tertiary alicyclic amines) is 1. The molecule has 0 N–H and O–H groups in total. The summed E-state index contributed by atoms with van der Waals surface area (Å²) in [4.78, 5) is 16.1. The topological polar surface area (TPSA) is 51.0 Å². The molecule has 1 saturated heterocycles. The Morgan fingerprint density at radius 3 is 2.71 bits per heavy atom. The summed E-state index contributed by atoms with van der Waals surface area (Å²) in [5, 5.41) is 8.77. The minimum Gasteiger partial charge on any atom is -0.337 e. The predicted octanol–water partition coefficient (Wildman–Crippen LogP) is 2.45. The number of nitrogens with zero attached hydrogens (tertiary/aromatic N) is 4. The Hall–Kier alpha value is -2.17. The van der Waals surface area contributed by atoms with Crippen LogP contribution in [0.1, 0.15) is 35.9 Å². The third-order valence-corrected chi connectivity index (χ3v) is 3.92. The predicted molar refractivity (Wildman–Crippen MR) is 80.4 cm³/mol. The van der Waals surface area contributed by atoms with Gasteiger partial charge in [-0.2, -0.15) is 9.90 Å². The maximum absolute atomic E-state index is 12.6. The summed E-state index contributed by atoms with van der Waals surface area (Å²) in [5.41, 5.74) is 2.02. The van der Waals surface area contributed by atoms with Gasteiger partial charge in [0.25, 0.3) is 5.91 Å². The maximum atomic E-state index is 12.6. The fourth-order valence-corrected chi connectivity index (χ4v) is 2.78. The lowest BCUT2D eigenvalue weighted by molar-refractivity contribution is 0.0676. The summed E-state index contributed by atoms with van der Waals surface area (Å²) in [6, 6.07) is 9.66. The number of carbonyl (C=O) groups is 1. The molecule has 0 spiro atoms. The van der Waals surface area contributed by atoms with E-state index in [9.17, 15) is 4.79 Å². The van der Waals surface area contributed by atoms with Gasteiger partial charge in [0.15, 0.2) is 5.69 Å². The van der Waals surface area contributed by atoms with Crippen LogP contribution >= 0.6 is 0 Å². The van der Waals surface area contributed by atoms with Crippen LogP contribution in [0.2, 0.25) is 0 Å². The normalized spacial score (nSPS) is 18.8. The number of aromatic nitrogens is 3. The number of piperidine rings is 1. The first-order valence-electron chi connectivity index (χ1n) is 7.44. The van der Waals surface area contributed by atoms with Crippen molar-refractivity contribution in [1.29, 1.82) is 0 Å². The van der Waals surface area contributed by atoms with Crippen molar-refractivity contribution in [3.8, 4) is 5.69 Å². The molecule has 5 heteroatoms. The number of aryl methyl sites for hydroxylation is 1. The van der Waals surface area contributed by atoms with Gasteiger partial charge in [-0.15, -0.1) is 5.10 Å². The highest BCUT2D eigenvalue weighted by Crippen LogP contribution is 2.18. The van der Waals surface area contributed by atoms with Crippen molar-refractivity contribution in [1.82, 2.24) is 19.9 Å². The fraction of sp³-hybridized carbons (Fsp3) is 0.438. The van der Waals surface area contributed by atoms with E-state index in [1.54, 1.807) is 0 Å². The fourth-order valence-electron chi connectivity index (χ4n) is 2.78. The smallest absolute Gasteiger partial charge is 0.276 e. The van der Waals surface area contributed by atoms with Gasteiger partial charge in [-0.3, -0.25) is 4.79 Å².